The summed E-state index contributed by atoms with van der Waals surface area (Å²) in [7, 11) is 0. The number of hydrogen-bond acceptors (Lipinski definition) is 3. The summed E-state index contributed by atoms with van der Waals surface area (Å²) in [5, 5.41) is 2.94. The first-order valence-electron chi connectivity index (χ1n) is 9.12. The molecule has 2 aromatic carbocycles. The molecule has 4 rings (SSSR count). The number of hydrogen-bond donors (Lipinski definition) is 1. The topological polar surface area (TPSA) is 55.6 Å². The van der Waals surface area contributed by atoms with E-state index < -0.39 is 0 Å². The van der Waals surface area contributed by atoms with Crippen molar-refractivity contribution in [2.24, 2.45) is 0 Å². The van der Waals surface area contributed by atoms with E-state index in [1.807, 2.05) is 91.3 Å². The molecule has 0 radical (unpaired) electrons. The van der Waals surface area contributed by atoms with Crippen LogP contribution in [0.1, 0.15) is 11.1 Å². The number of amides is 1. The number of ether oxygens (including phenoxy) is 1. The largest absolute Gasteiger partial charge is 0.484 e. The third-order valence-electron chi connectivity index (χ3n) is 4.53. The molecule has 0 aliphatic carbocycles. The number of nitrogens with one attached hydrogen (secondary N) is 1. The highest BCUT2D eigenvalue weighted by molar-refractivity contribution is 5.93. The van der Waals surface area contributed by atoms with Gasteiger partial charge in [0.05, 0.1) is 5.69 Å². The fraction of sp³-hybridized carbons (Fsp3) is 0.130. The van der Waals surface area contributed by atoms with Crippen molar-refractivity contribution in [2.45, 2.75) is 13.8 Å². The van der Waals surface area contributed by atoms with E-state index in [0.717, 1.165) is 33.7 Å². The number of nitrogens with zero attached hydrogens (tertiary/aromatic N) is 2. The number of rotatable bonds is 5. The van der Waals surface area contributed by atoms with Crippen molar-refractivity contribution in [2.75, 3.05) is 11.9 Å². The molecule has 0 aliphatic heterocycles. The molecule has 140 valence electrons. The van der Waals surface area contributed by atoms with Gasteiger partial charge in [-0.15, -0.1) is 0 Å². The zero-order valence-electron chi connectivity index (χ0n) is 15.8. The van der Waals surface area contributed by atoms with Crippen molar-refractivity contribution in [3.8, 4) is 17.0 Å². The average molecular weight is 371 g/mol. The van der Waals surface area contributed by atoms with Crippen molar-refractivity contribution in [3.63, 3.8) is 0 Å². The molecule has 5 heteroatoms. The minimum absolute atomic E-state index is 0.0402. The molecule has 28 heavy (non-hydrogen) atoms. The zero-order chi connectivity index (χ0) is 19.5. The highest BCUT2D eigenvalue weighted by Crippen LogP contribution is 2.25. The third-order valence-corrected chi connectivity index (χ3v) is 4.53. The summed E-state index contributed by atoms with van der Waals surface area (Å²) < 4.78 is 7.56. The SMILES string of the molecule is Cc1cccc(OCC(=O)Nc2cc(-c3cn4ccccc4n3)ccc2C)c1. The maximum atomic E-state index is 12.4. The molecule has 1 amide bonds. The number of carbonyl (C=O) groups excluding carboxylic acids is 1. The Balaban J connectivity index is 1.49. The number of fused-ring (bicyclic) bond motifs is 1. The van der Waals surface area contributed by atoms with E-state index in [-0.39, 0.29) is 12.5 Å². The van der Waals surface area contributed by atoms with Crippen LogP contribution < -0.4 is 10.1 Å². The smallest absolute Gasteiger partial charge is 0.262 e. The first kappa shape index (κ1) is 17.8. The summed E-state index contributed by atoms with van der Waals surface area (Å²) in [5.74, 6) is 0.488. The monoisotopic (exact) mass is 371 g/mol. The molecule has 1 N–H and O–H groups in total. The fourth-order valence-electron chi connectivity index (χ4n) is 3.03. The van der Waals surface area contributed by atoms with Crippen LogP contribution >= 0.6 is 0 Å². The Bertz CT molecular complexity index is 1110. The number of imidazole rings is 1. The molecular formula is C23H21N3O2. The van der Waals surface area contributed by atoms with Gasteiger partial charge in [-0.3, -0.25) is 4.79 Å². The zero-order valence-corrected chi connectivity index (χ0v) is 15.8. The van der Waals surface area contributed by atoms with Gasteiger partial charge in [0, 0.05) is 23.6 Å². The van der Waals surface area contributed by atoms with Crippen LogP contribution in [0.3, 0.4) is 0 Å². The predicted octanol–water partition coefficient (Wildman–Crippen LogP) is 4.64. The van der Waals surface area contributed by atoms with E-state index in [4.69, 9.17) is 4.74 Å². The summed E-state index contributed by atoms with van der Waals surface area (Å²) >= 11 is 0. The second-order valence-corrected chi connectivity index (χ2v) is 6.78. The molecule has 0 fully saturated rings. The Morgan fingerprint density at radius 3 is 2.79 bits per heavy atom. The Morgan fingerprint density at radius 1 is 1.07 bits per heavy atom. The summed E-state index contributed by atoms with van der Waals surface area (Å²) in [6, 6.07) is 19.5. The first-order valence-corrected chi connectivity index (χ1v) is 9.12. The minimum Gasteiger partial charge on any atom is -0.484 e. The van der Waals surface area contributed by atoms with E-state index >= 15 is 0 Å². The second kappa shape index (κ2) is 7.56. The van der Waals surface area contributed by atoms with Crippen LogP contribution in [0, 0.1) is 13.8 Å². The van der Waals surface area contributed by atoms with Gasteiger partial charge in [-0.25, -0.2) is 4.98 Å². The van der Waals surface area contributed by atoms with Crippen LogP contribution in [-0.2, 0) is 4.79 Å². The van der Waals surface area contributed by atoms with Gasteiger partial charge in [-0.2, -0.15) is 0 Å². The van der Waals surface area contributed by atoms with Crippen molar-refractivity contribution in [1.29, 1.82) is 0 Å². The van der Waals surface area contributed by atoms with Crippen molar-refractivity contribution in [3.05, 3.63) is 84.2 Å². The molecule has 0 spiro atoms. The Morgan fingerprint density at radius 2 is 1.96 bits per heavy atom. The molecule has 4 aromatic rings. The highest BCUT2D eigenvalue weighted by atomic mass is 16.5. The van der Waals surface area contributed by atoms with Gasteiger partial charge in [0.2, 0.25) is 0 Å². The summed E-state index contributed by atoms with van der Waals surface area (Å²) in [4.78, 5) is 17.0. The molecule has 0 aliphatic rings. The maximum absolute atomic E-state index is 12.4. The molecule has 0 unspecified atom stereocenters. The lowest BCUT2D eigenvalue weighted by molar-refractivity contribution is -0.118. The van der Waals surface area contributed by atoms with Gasteiger partial charge in [0.25, 0.3) is 5.91 Å². The third kappa shape index (κ3) is 3.88. The number of anilines is 1. The van der Waals surface area contributed by atoms with Gasteiger partial charge >= 0.3 is 0 Å². The van der Waals surface area contributed by atoms with E-state index in [1.165, 1.54) is 0 Å². The van der Waals surface area contributed by atoms with E-state index in [0.29, 0.717) is 5.75 Å². The summed E-state index contributed by atoms with van der Waals surface area (Å²) in [5.41, 5.74) is 5.52. The summed E-state index contributed by atoms with van der Waals surface area (Å²) in [6.07, 6.45) is 3.94. The fourth-order valence-corrected chi connectivity index (χ4v) is 3.03. The summed E-state index contributed by atoms with van der Waals surface area (Å²) in [6.45, 7) is 3.91. The quantitative estimate of drug-likeness (QED) is 0.556. The Hall–Kier alpha value is -3.60. The molecular weight excluding hydrogens is 350 g/mol. The maximum Gasteiger partial charge on any atom is 0.262 e. The number of carbonyl (C=O) groups is 1. The normalized spacial score (nSPS) is 10.8. The lowest BCUT2D eigenvalue weighted by Crippen LogP contribution is -2.20. The van der Waals surface area contributed by atoms with Crippen LogP contribution in [-0.4, -0.2) is 21.9 Å². The molecule has 2 heterocycles. The van der Waals surface area contributed by atoms with Crippen molar-refractivity contribution in [1.82, 2.24) is 9.38 Å². The second-order valence-electron chi connectivity index (χ2n) is 6.78. The van der Waals surface area contributed by atoms with Gasteiger partial charge < -0.3 is 14.5 Å². The van der Waals surface area contributed by atoms with Crippen LogP contribution in [0.25, 0.3) is 16.9 Å². The number of aromatic nitrogens is 2. The number of benzene rings is 2. The molecule has 0 bridgehead atoms. The molecule has 5 nitrogen and oxygen atoms in total. The lowest BCUT2D eigenvalue weighted by Gasteiger charge is -2.11. The van der Waals surface area contributed by atoms with Crippen molar-refractivity contribution >= 4 is 17.2 Å². The number of pyridine rings is 1. The standard InChI is InChI=1S/C23H21N3O2/c1-16-6-5-7-19(12-16)28-15-23(27)25-20-13-18(10-9-17(20)2)21-14-26-11-4-3-8-22(26)24-21/h3-14H,15H2,1-2H3,(H,25,27). The number of aryl methyl sites for hydroxylation is 2. The van der Waals surface area contributed by atoms with Crippen molar-refractivity contribution < 1.29 is 9.53 Å². The van der Waals surface area contributed by atoms with Gasteiger partial charge in [0.1, 0.15) is 11.4 Å². The molecule has 0 saturated heterocycles. The van der Waals surface area contributed by atoms with Gasteiger partial charge in [-0.05, 0) is 55.3 Å². The van der Waals surface area contributed by atoms with Crippen LogP contribution in [0.2, 0.25) is 0 Å². The lowest BCUT2D eigenvalue weighted by atomic mass is 10.1. The Kier molecular flexibility index (Phi) is 4.81. The van der Waals surface area contributed by atoms with Gasteiger partial charge in [-0.1, -0.05) is 30.3 Å². The Labute approximate surface area is 163 Å². The van der Waals surface area contributed by atoms with Crippen LogP contribution in [0.4, 0.5) is 5.69 Å². The van der Waals surface area contributed by atoms with E-state index in [9.17, 15) is 4.79 Å². The highest BCUT2D eigenvalue weighted by Gasteiger charge is 2.10. The predicted molar refractivity (Wildman–Crippen MR) is 111 cm³/mol. The molecule has 0 atom stereocenters. The van der Waals surface area contributed by atoms with E-state index in [2.05, 4.69) is 10.3 Å². The first-order chi connectivity index (χ1) is 13.6. The van der Waals surface area contributed by atoms with Gasteiger partial charge in [0.15, 0.2) is 6.61 Å². The molecule has 0 saturated carbocycles. The minimum atomic E-state index is -0.197. The van der Waals surface area contributed by atoms with Crippen LogP contribution in [0.15, 0.2) is 73.1 Å². The average Bonchev–Trinajstić information content (AvgIpc) is 3.12. The molecule has 2 aromatic heterocycles. The van der Waals surface area contributed by atoms with E-state index in [1.54, 1.807) is 0 Å². The van der Waals surface area contributed by atoms with Crippen LogP contribution in [0.5, 0.6) is 5.75 Å².